The van der Waals surface area contributed by atoms with Crippen molar-refractivity contribution < 1.29 is 19.3 Å². The van der Waals surface area contributed by atoms with Crippen molar-refractivity contribution in [3.63, 3.8) is 0 Å². The van der Waals surface area contributed by atoms with Crippen LogP contribution >= 0.6 is 0 Å². The number of nitrogens with one attached hydrogen (secondary N) is 1. The lowest BCUT2D eigenvalue weighted by atomic mass is 9.85. The summed E-state index contributed by atoms with van der Waals surface area (Å²) < 4.78 is 0. The zero-order valence-electron chi connectivity index (χ0n) is 14.5. The highest BCUT2D eigenvalue weighted by Gasteiger charge is 2.47. The molecular weight excluding hydrogens is 338 g/mol. The van der Waals surface area contributed by atoms with Crippen molar-refractivity contribution in [1.82, 2.24) is 4.90 Å². The molecule has 26 heavy (non-hydrogen) atoms. The number of carbonyl (C=O) groups is 3. The quantitative estimate of drug-likeness (QED) is 0.384. The van der Waals surface area contributed by atoms with Gasteiger partial charge >= 0.3 is 0 Å². The minimum absolute atomic E-state index is 0.0567. The van der Waals surface area contributed by atoms with E-state index in [4.69, 9.17) is 0 Å². The van der Waals surface area contributed by atoms with Gasteiger partial charge in [0.15, 0.2) is 0 Å². The zero-order chi connectivity index (χ0) is 19.0. The molecule has 0 aromatic heterocycles. The van der Waals surface area contributed by atoms with Crippen molar-refractivity contribution in [2.45, 2.75) is 26.7 Å². The molecule has 1 aromatic rings. The minimum atomic E-state index is -0.635. The van der Waals surface area contributed by atoms with Crippen LogP contribution in [0, 0.1) is 35.8 Å². The van der Waals surface area contributed by atoms with Gasteiger partial charge in [0, 0.05) is 6.07 Å². The molecule has 1 aliphatic carbocycles. The van der Waals surface area contributed by atoms with E-state index in [1.54, 1.807) is 13.8 Å². The Balaban J connectivity index is 1.76. The lowest BCUT2D eigenvalue weighted by molar-refractivity contribution is -0.384. The van der Waals surface area contributed by atoms with Gasteiger partial charge in [0.25, 0.3) is 5.69 Å². The van der Waals surface area contributed by atoms with Gasteiger partial charge in [0.05, 0.1) is 16.8 Å². The third kappa shape index (κ3) is 3.10. The molecule has 1 saturated heterocycles. The van der Waals surface area contributed by atoms with Gasteiger partial charge in [-0.05, 0) is 43.9 Å². The Morgan fingerprint density at radius 1 is 1.15 bits per heavy atom. The predicted octanol–water partition coefficient (Wildman–Crippen LogP) is 2.10. The van der Waals surface area contributed by atoms with Crippen LogP contribution in [0.2, 0.25) is 0 Å². The molecule has 1 N–H and O–H groups in total. The average Bonchev–Trinajstić information content (AvgIpc) is 2.83. The summed E-state index contributed by atoms with van der Waals surface area (Å²) in [5.74, 6) is -2.15. The van der Waals surface area contributed by atoms with E-state index in [-0.39, 0.29) is 23.2 Å². The number of hydrogen-bond acceptors (Lipinski definition) is 5. The van der Waals surface area contributed by atoms with Crippen molar-refractivity contribution >= 4 is 29.1 Å². The lowest BCUT2D eigenvalue weighted by Gasteiger charge is -2.15. The predicted molar refractivity (Wildman–Crippen MR) is 93.3 cm³/mol. The summed E-state index contributed by atoms with van der Waals surface area (Å²) in [6.07, 6.45) is 4.73. The van der Waals surface area contributed by atoms with Crippen molar-refractivity contribution in [3.05, 3.63) is 45.5 Å². The van der Waals surface area contributed by atoms with Gasteiger partial charge in [-0.25, -0.2) is 0 Å². The van der Waals surface area contributed by atoms with Crippen LogP contribution in [-0.2, 0) is 14.4 Å². The Morgan fingerprint density at radius 2 is 1.69 bits per heavy atom. The highest BCUT2D eigenvalue weighted by atomic mass is 16.6. The molecule has 0 unspecified atom stereocenters. The molecule has 2 aliphatic rings. The van der Waals surface area contributed by atoms with Gasteiger partial charge in [0.1, 0.15) is 12.2 Å². The zero-order valence-corrected chi connectivity index (χ0v) is 14.5. The van der Waals surface area contributed by atoms with Gasteiger partial charge in [-0.3, -0.25) is 29.4 Å². The van der Waals surface area contributed by atoms with E-state index in [2.05, 4.69) is 5.32 Å². The van der Waals surface area contributed by atoms with Crippen LogP contribution in [0.3, 0.4) is 0 Å². The molecular formula is C18H19N3O5. The number of fused-ring (bicyclic) bond motifs is 1. The van der Waals surface area contributed by atoms with E-state index in [9.17, 15) is 24.5 Å². The average molecular weight is 357 g/mol. The largest absolute Gasteiger partial charge is 0.319 e. The molecule has 3 rings (SSSR count). The summed E-state index contributed by atoms with van der Waals surface area (Å²) in [5, 5.41) is 13.7. The van der Waals surface area contributed by atoms with Crippen LogP contribution in [-0.4, -0.2) is 34.1 Å². The van der Waals surface area contributed by atoms with Gasteiger partial charge in [-0.15, -0.1) is 0 Å². The molecule has 0 bridgehead atoms. The Labute approximate surface area is 150 Å². The molecule has 8 nitrogen and oxygen atoms in total. The second-order valence-electron chi connectivity index (χ2n) is 6.68. The number of nitrogens with zero attached hydrogens (tertiary/aromatic N) is 2. The number of hydrogen-bond donors (Lipinski definition) is 1. The minimum Gasteiger partial charge on any atom is -0.319 e. The number of likely N-dealkylation sites (tertiary alicyclic amines) is 1. The Hall–Kier alpha value is -3.03. The Bertz CT molecular complexity index is 819. The summed E-state index contributed by atoms with van der Waals surface area (Å²) >= 11 is 0. The molecule has 136 valence electrons. The van der Waals surface area contributed by atoms with E-state index < -0.39 is 29.2 Å². The summed E-state index contributed by atoms with van der Waals surface area (Å²) in [6.45, 7) is 3.08. The van der Waals surface area contributed by atoms with E-state index in [1.807, 2.05) is 12.2 Å². The Morgan fingerprint density at radius 3 is 2.23 bits per heavy atom. The molecule has 0 radical (unpaired) electrons. The molecule has 2 atom stereocenters. The molecule has 1 aliphatic heterocycles. The van der Waals surface area contributed by atoms with Crippen LogP contribution in [0.15, 0.2) is 24.3 Å². The van der Waals surface area contributed by atoms with Crippen LogP contribution < -0.4 is 5.32 Å². The smallest absolute Gasteiger partial charge is 0.293 e. The normalized spacial score (nSPS) is 21.7. The molecule has 3 amide bonds. The number of aryl methyl sites for hydroxylation is 2. The number of anilines is 1. The van der Waals surface area contributed by atoms with Gasteiger partial charge in [-0.1, -0.05) is 12.2 Å². The number of nitro benzene ring substituents is 1. The SMILES string of the molecule is Cc1cc(NC(=O)CN2C(=O)[C@H]3CC=CC[C@@H]3C2=O)c([N+](=O)[O-])cc1C. The van der Waals surface area contributed by atoms with Crippen LogP contribution in [0.25, 0.3) is 0 Å². The summed E-state index contributed by atoms with van der Waals surface area (Å²) in [4.78, 5) is 48.7. The number of benzene rings is 1. The number of nitro groups is 1. The number of allylic oxidation sites excluding steroid dienone is 2. The van der Waals surface area contributed by atoms with Crippen molar-refractivity contribution in [1.29, 1.82) is 0 Å². The van der Waals surface area contributed by atoms with Gasteiger partial charge in [-0.2, -0.15) is 0 Å². The third-order valence-corrected chi connectivity index (χ3v) is 4.98. The Kier molecular flexibility index (Phi) is 4.58. The van der Waals surface area contributed by atoms with Gasteiger partial charge in [0.2, 0.25) is 17.7 Å². The first kappa shape index (κ1) is 17.8. The molecule has 1 heterocycles. The monoisotopic (exact) mass is 357 g/mol. The van der Waals surface area contributed by atoms with E-state index in [0.29, 0.717) is 12.8 Å². The molecule has 1 fully saturated rings. The van der Waals surface area contributed by atoms with E-state index in [0.717, 1.165) is 16.0 Å². The van der Waals surface area contributed by atoms with Crippen molar-refractivity contribution in [3.8, 4) is 0 Å². The van der Waals surface area contributed by atoms with Crippen LogP contribution in [0.4, 0.5) is 11.4 Å². The van der Waals surface area contributed by atoms with Crippen molar-refractivity contribution in [2.75, 3.05) is 11.9 Å². The highest BCUT2D eigenvalue weighted by Crippen LogP contribution is 2.35. The molecule has 0 saturated carbocycles. The fraction of sp³-hybridized carbons (Fsp3) is 0.389. The number of imide groups is 1. The fourth-order valence-corrected chi connectivity index (χ4v) is 3.41. The first-order chi connectivity index (χ1) is 12.3. The van der Waals surface area contributed by atoms with Crippen LogP contribution in [0.1, 0.15) is 24.0 Å². The topological polar surface area (TPSA) is 110 Å². The van der Waals surface area contributed by atoms with E-state index >= 15 is 0 Å². The van der Waals surface area contributed by atoms with E-state index in [1.165, 1.54) is 12.1 Å². The van der Waals surface area contributed by atoms with Crippen molar-refractivity contribution in [2.24, 2.45) is 11.8 Å². The number of rotatable bonds is 4. The van der Waals surface area contributed by atoms with Crippen LogP contribution in [0.5, 0.6) is 0 Å². The second-order valence-corrected chi connectivity index (χ2v) is 6.68. The second kappa shape index (κ2) is 6.70. The maximum atomic E-state index is 12.4. The molecule has 0 spiro atoms. The highest BCUT2D eigenvalue weighted by molar-refractivity contribution is 6.09. The lowest BCUT2D eigenvalue weighted by Crippen LogP contribution is -2.38. The third-order valence-electron chi connectivity index (χ3n) is 4.98. The number of carbonyl (C=O) groups excluding carboxylic acids is 3. The summed E-state index contributed by atoms with van der Waals surface area (Å²) in [6, 6.07) is 2.90. The molecule has 1 aromatic carbocycles. The first-order valence-corrected chi connectivity index (χ1v) is 8.35. The maximum Gasteiger partial charge on any atom is 0.293 e. The van der Waals surface area contributed by atoms with Gasteiger partial charge < -0.3 is 5.32 Å². The summed E-state index contributed by atoms with van der Waals surface area (Å²) in [5.41, 5.74) is 1.35. The molecule has 8 heteroatoms. The standard InChI is InChI=1S/C18H19N3O5/c1-10-7-14(15(21(25)26)8-11(10)2)19-16(22)9-20-17(23)12-5-3-4-6-13(12)18(20)24/h3-4,7-8,12-13H,5-6,9H2,1-2H3,(H,19,22)/t12-,13-/m0/s1. The fourth-order valence-electron chi connectivity index (χ4n) is 3.41. The number of amides is 3. The maximum absolute atomic E-state index is 12.4. The first-order valence-electron chi connectivity index (χ1n) is 8.35. The summed E-state index contributed by atoms with van der Waals surface area (Å²) in [7, 11) is 0.